The van der Waals surface area contributed by atoms with Gasteiger partial charge in [0.2, 0.25) is 0 Å². The van der Waals surface area contributed by atoms with Gasteiger partial charge in [-0.15, -0.1) is 11.3 Å². The van der Waals surface area contributed by atoms with Crippen molar-refractivity contribution in [3.63, 3.8) is 0 Å². The van der Waals surface area contributed by atoms with E-state index in [0.29, 0.717) is 24.0 Å². The third-order valence-corrected chi connectivity index (χ3v) is 8.33. The van der Waals surface area contributed by atoms with E-state index in [1.54, 1.807) is 22.3 Å². The molecule has 2 fully saturated rings. The summed E-state index contributed by atoms with van der Waals surface area (Å²) in [7, 11) is 0. The average Bonchev–Trinajstić information content (AvgIpc) is 3.32. The van der Waals surface area contributed by atoms with E-state index in [0.717, 1.165) is 78.5 Å². The van der Waals surface area contributed by atoms with Crippen LogP contribution in [0.25, 0.3) is 10.2 Å². The number of aromatic nitrogens is 2. The smallest absolute Gasteiger partial charge is 0.313 e. The molecule has 0 unspecified atom stereocenters. The van der Waals surface area contributed by atoms with Crippen molar-refractivity contribution in [1.82, 2.24) is 19.8 Å². The van der Waals surface area contributed by atoms with Crippen LogP contribution in [0.5, 0.6) is 0 Å². The minimum absolute atomic E-state index is 0.163. The number of likely N-dealkylation sites (tertiary alicyclic amines) is 1. The van der Waals surface area contributed by atoms with E-state index in [9.17, 15) is 9.59 Å². The van der Waals surface area contributed by atoms with Crippen LogP contribution in [0.2, 0.25) is 0 Å². The second-order valence-corrected chi connectivity index (χ2v) is 11.2. The number of morpholine rings is 1. The van der Waals surface area contributed by atoms with Gasteiger partial charge < -0.3 is 20.7 Å². The summed E-state index contributed by atoms with van der Waals surface area (Å²) in [5, 5.41) is 3.82. The third kappa shape index (κ3) is 5.92. The van der Waals surface area contributed by atoms with Crippen molar-refractivity contribution >= 4 is 44.9 Å². The largest absolute Gasteiger partial charge is 0.383 e. The summed E-state index contributed by atoms with van der Waals surface area (Å²) in [5.41, 5.74) is 8.96. The van der Waals surface area contributed by atoms with Crippen LogP contribution in [0.15, 0.2) is 30.5 Å². The van der Waals surface area contributed by atoms with Crippen LogP contribution in [0, 0.1) is 12.8 Å². The molecule has 10 heteroatoms. The number of nitrogens with two attached hydrogens (primary N) is 1. The summed E-state index contributed by atoms with van der Waals surface area (Å²) < 4.78 is 6.59. The fourth-order valence-electron chi connectivity index (χ4n) is 5.08. The van der Waals surface area contributed by atoms with Crippen LogP contribution >= 0.6 is 11.3 Å². The number of piperidine rings is 1. The number of fused-ring (bicyclic) bond motifs is 1. The van der Waals surface area contributed by atoms with Gasteiger partial charge in [0.15, 0.2) is 0 Å². The Labute approximate surface area is 221 Å². The van der Waals surface area contributed by atoms with Crippen molar-refractivity contribution in [1.29, 1.82) is 0 Å². The lowest BCUT2D eigenvalue weighted by atomic mass is 9.89. The van der Waals surface area contributed by atoms with E-state index in [-0.39, 0.29) is 6.04 Å². The molecule has 2 aliphatic rings. The minimum atomic E-state index is -0.662. The number of benzene rings is 1. The Kier molecular flexibility index (Phi) is 7.68. The molecule has 5 rings (SSSR count). The summed E-state index contributed by atoms with van der Waals surface area (Å²) in [5.74, 6) is -0.472. The highest BCUT2D eigenvalue weighted by Gasteiger charge is 2.34. The van der Waals surface area contributed by atoms with E-state index >= 15 is 0 Å². The number of hydrogen-bond donors (Lipinski definition) is 2. The molecule has 0 saturated carbocycles. The summed E-state index contributed by atoms with van der Waals surface area (Å²) in [6.45, 7) is 8.99. The molecule has 0 radical (unpaired) electrons. The van der Waals surface area contributed by atoms with Crippen LogP contribution in [-0.2, 0) is 20.7 Å². The van der Waals surface area contributed by atoms with Crippen LogP contribution in [0.3, 0.4) is 0 Å². The number of nitrogen functional groups attached to an aromatic ring is 1. The zero-order valence-electron chi connectivity index (χ0n) is 21.4. The highest BCUT2D eigenvalue weighted by atomic mass is 32.1. The first kappa shape index (κ1) is 25.6. The normalized spacial score (nSPS) is 20.8. The van der Waals surface area contributed by atoms with Crippen molar-refractivity contribution < 1.29 is 14.3 Å². The number of hydrogen-bond acceptors (Lipinski definition) is 8. The molecule has 3 aromatic rings. The summed E-state index contributed by atoms with van der Waals surface area (Å²) >= 11 is 1.73. The van der Waals surface area contributed by atoms with Gasteiger partial charge in [-0.1, -0.05) is 13.0 Å². The Bertz CT molecular complexity index is 1290. The number of carbonyl (C=O) groups excluding carboxylic acids is 2. The highest BCUT2D eigenvalue weighted by Crippen LogP contribution is 2.35. The van der Waals surface area contributed by atoms with Crippen molar-refractivity contribution in [3.05, 3.63) is 46.6 Å². The lowest BCUT2D eigenvalue weighted by Crippen LogP contribution is -2.46. The van der Waals surface area contributed by atoms with E-state index in [2.05, 4.69) is 40.3 Å². The molecule has 9 nitrogen and oxygen atoms in total. The zero-order chi connectivity index (χ0) is 25.9. The van der Waals surface area contributed by atoms with Crippen molar-refractivity contribution in [2.45, 2.75) is 39.2 Å². The lowest BCUT2D eigenvalue weighted by molar-refractivity contribution is -0.146. The van der Waals surface area contributed by atoms with E-state index in [4.69, 9.17) is 15.5 Å². The Morgan fingerprint density at radius 1 is 1.22 bits per heavy atom. The molecule has 37 heavy (non-hydrogen) atoms. The summed E-state index contributed by atoms with van der Waals surface area (Å²) in [4.78, 5) is 39.4. The van der Waals surface area contributed by atoms with Crippen molar-refractivity contribution in [3.8, 4) is 0 Å². The number of anilines is 2. The summed E-state index contributed by atoms with van der Waals surface area (Å²) in [6, 6.07) is 7.83. The molecule has 2 aliphatic heterocycles. The lowest BCUT2D eigenvalue weighted by Gasteiger charge is -2.38. The predicted octanol–water partition coefficient (Wildman–Crippen LogP) is 3.39. The Morgan fingerprint density at radius 3 is 2.81 bits per heavy atom. The van der Waals surface area contributed by atoms with Gasteiger partial charge in [-0.2, -0.15) is 0 Å². The molecule has 4 heterocycles. The third-order valence-electron chi connectivity index (χ3n) is 7.24. The number of aryl methyl sites for hydroxylation is 1. The molecule has 2 atom stereocenters. The van der Waals surface area contributed by atoms with Gasteiger partial charge in [-0.3, -0.25) is 14.5 Å². The average molecular weight is 523 g/mol. The predicted molar refractivity (Wildman–Crippen MR) is 145 cm³/mol. The second kappa shape index (κ2) is 11.1. The Morgan fingerprint density at radius 2 is 2.03 bits per heavy atom. The van der Waals surface area contributed by atoms with E-state index in [1.807, 2.05) is 6.92 Å². The quantitative estimate of drug-likeness (QED) is 0.494. The number of carbonyl (C=O) groups is 2. The number of rotatable bonds is 5. The van der Waals surface area contributed by atoms with Crippen molar-refractivity contribution in [2.75, 3.05) is 50.4 Å². The fourth-order valence-corrected chi connectivity index (χ4v) is 6.01. The maximum atomic E-state index is 13.3. The molecule has 3 N–H and O–H groups in total. The Balaban J connectivity index is 1.31. The molecule has 0 aliphatic carbocycles. The van der Waals surface area contributed by atoms with Gasteiger partial charge in [0.05, 0.1) is 46.4 Å². The van der Waals surface area contributed by atoms with Crippen molar-refractivity contribution in [2.24, 2.45) is 5.92 Å². The second-order valence-electron chi connectivity index (χ2n) is 10.1. The number of thiazole rings is 1. The van der Waals surface area contributed by atoms with Crippen LogP contribution in [-0.4, -0.2) is 71.0 Å². The number of nitrogens with one attached hydrogen (secondary N) is 1. The van der Waals surface area contributed by atoms with Gasteiger partial charge in [0.25, 0.3) is 0 Å². The standard InChI is InChI=1S/C27H34N6O3S/c1-17-3-5-22(33(16-17)27(35)26(34)30-20-13-18(2)25(28)29-15-20)19-4-6-23-21(14-19)31-24(37-23)7-8-32-9-11-36-12-10-32/h4,6,13-15,17,22H,3,5,7-12,16H2,1-2H3,(H2,28,29)(H,30,34)/t17-,22+/m0/s1. The van der Waals surface area contributed by atoms with E-state index < -0.39 is 11.8 Å². The number of ether oxygens (including phenoxy) is 1. The first-order valence-electron chi connectivity index (χ1n) is 12.9. The molecular weight excluding hydrogens is 488 g/mol. The van der Waals surface area contributed by atoms with Gasteiger partial charge >= 0.3 is 11.8 Å². The van der Waals surface area contributed by atoms with Gasteiger partial charge in [0.1, 0.15) is 5.82 Å². The first-order chi connectivity index (χ1) is 17.9. The van der Waals surface area contributed by atoms with Crippen LogP contribution in [0.1, 0.15) is 41.9 Å². The highest BCUT2D eigenvalue weighted by molar-refractivity contribution is 7.18. The fraction of sp³-hybridized carbons (Fsp3) is 0.481. The molecule has 2 aromatic heterocycles. The molecule has 1 aromatic carbocycles. The molecule has 0 spiro atoms. The molecule has 2 saturated heterocycles. The number of amides is 2. The van der Waals surface area contributed by atoms with Gasteiger partial charge in [0, 0.05) is 32.6 Å². The number of nitrogens with zero attached hydrogens (tertiary/aromatic N) is 4. The zero-order valence-corrected chi connectivity index (χ0v) is 22.2. The number of pyridine rings is 1. The SMILES string of the molecule is Cc1cc(NC(=O)C(=O)N2C[C@@H](C)CC[C@@H]2c2ccc3sc(CCN4CCOCC4)nc3c2)cnc1N. The summed E-state index contributed by atoms with van der Waals surface area (Å²) in [6.07, 6.45) is 4.19. The molecule has 196 valence electrons. The topological polar surface area (TPSA) is 114 Å². The van der Waals surface area contributed by atoms with Crippen LogP contribution < -0.4 is 11.1 Å². The van der Waals surface area contributed by atoms with Gasteiger partial charge in [-0.05, 0) is 55.0 Å². The van der Waals surface area contributed by atoms with Crippen LogP contribution in [0.4, 0.5) is 11.5 Å². The van der Waals surface area contributed by atoms with E-state index in [1.165, 1.54) is 6.20 Å². The molecule has 0 bridgehead atoms. The molecular formula is C27H34N6O3S. The minimum Gasteiger partial charge on any atom is -0.383 e. The van der Waals surface area contributed by atoms with Gasteiger partial charge in [-0.25, -0.2) is 9.97 Å². The monoisotopic (exact) mass is 522 g/mol. The first-order valence-corrected chi connectivity index (χ1v) is 13.7. The maximum Gasteiger partial charge on any atom is 0.313 e. The Hall–Kier alpha value is -3.08. The molecule has 2 amide bonds. The maximum absolute atomic E-state index is 13.3.